The molecule has 1 aliphatic rings. The number of pyridine rings is 1. The largest absolute Gasteiger partial charge is 0.495 e. The molecule has 0 fully saturated rings. The maximum absolute atomic E-state index is 13.3. The smallest absolute Gasteiger partial charge is 0.416 e. The molecule has 3 aromatic rings. The number of halogens is 3. The lowest BCUT2D eigenvalue weighted by atomic mass is 9.93. The molecule has 4 rings (SSSR count). The molecule has 7 heteroatoms. The van der Waals surface area contributed by atoms with Crippen molar-refractivity contribution in [2.75, 3.05) is 13.7 Å². The van der Waals surface area contributed by atoms with Crippen LogP contribution >= 0.6 is 0 Å². The van der Waals surface area contributed by atoms with Gasteiger partial charge in [0, 0.05) is 24.8 Å². The molecule has 0 saturated carbocycles. The van der Waals surface area contributed by atoms with Gasteiger partial charge in [0.15, 0.2) is 0 Å². The van der Waals surface area contributed by atoms with E-state index in [1.54, 1.807) is 47.5 Å². The fourth-order valence-electron chi connectivity index (χ4n) is 3.74. The van der Waals surface area contributed by atoms with Gasteiger partial charge in [-0.25, -0.2) is 4.98 Å². The number of fused-ring (bicyclic) bond motifs is 1. The van der Waals surface area contributed by atoms with E-state index in [0.29, 0.717) is 28.1 Å². The minimum Gasteiger partial charge on any atom is -0.495 e. The van der Waals surface area contributed by atoms with Crippen molar-refractivity contribution >= 4 is 5.91 Å². The third-order valence-corrected chi connectivity index (χ3v) is 5.30. The molecule has 0 radical (unpaired) electrons. The van der Waals surface area contributed by atoms with Crippen molar-refractivity contribution < 1.29 is 22.7 Å². The number of hydrogen-bond acceptors (Lipinski definition) is 3. The SMILES string of the molecule is COc1ccc(C(=O)N2CCc3c(cccc3C(F)(F)F)C2)cc1C#Cc1ccccn1. The van der Waals surface area contributed by atoms with Crippen LogP contribution in [0.2, 0.25) is 0 Å². The molecular weight excluding hydrogens is 417 g/mol. The standard InChI is InChI=1S/C25H19F3N2O2/c1-32-23-11-9-18(15-17(23)8-10-20-6-2-3-13-29-20)24(31)30-14-12-21-19(16-30)5-4-7-22(21)25(26,27)28/h2-7,9,11,13,15H,12,14,16H2,1H3. The molecule has 0 N–H and O–H groups in total. The van der Waals surface area contributed by atoms with Crippen molar-refractivity contribution in [1.29, 1.82) is 0 Å². The van der Waals surface area contributed by atoms with Gasteiger partial charge < -0.3 is 9.64 Å². The first-order valence-electron chi connectivity index (χ1n) is 9.95. The van der Waals surface area contributed by atoms with E-state index in [2.05, 4.69) is 16.8 Å². The van der Waals surface area contributed by atoms with Gasteiger partial charge in [-0.1, -0.05) is 24.1 Å². The minimum atomic E-state index is -4.41. The lowest BCUT2D eigenvalue weighted by Crippen LogP contribution is -2.36. The molecule has 1 aliphatic heterocycles. The topological polar surface area (TPSA) is 42.4 Å². The van der Waals surface area contributed by atoms with Crippen LogP contribution in [0.1, 0.15) is 38.3 Å². The minimum absolute atomic E-state index is 0.124. The summed E-state index contributed by atoms with van der Waals surface area (Å²) in [5.41, 5.74) is 1.66. The summed E-state index contributed by atoms with van der Waals surface area (Å²) in [7, 11) is 1.52. The quantitative estimate of drug-likeness (QED) is 0.547. The zero-order valence-corrected chi connectivity index (χ0v) is 17.2. The van der Waals surface area contributed by atoms with E-state index in [0.717, 1.165) is 6.07 Å². The molecule has 1 aromatic heterocycles. The van der Waals surface area contributed by atoms with Gasteiger partial charge in [0.2, 0.25) is 0 Å². The van der Waals surface area contributed by atoms with Crippen LogP contribution in [-0.4, -0.2) is 29.4 Å². The van der Waals surface area contributed by atoms with Gasteiger partial charge in [0.25, 0.3) is 5.91 Å². The van der Waals surface area contributed by atoms with E-state index in [1.165, 1.54) is 13.2 Å². The number of amides is 1. The summed E-state index contributed by atoms with van der Waals surface area (Å²) in [6.07, 6.45) is -2.62. The monoisotopic (exact) mass is 436 g/mol. The first-order chi connectivity index (χ1) is 15.4. The summed E-state index contributed by atoms with van der Waals surface area (Å²) in [4.78, 5) is 18.8. The highest BCUT2D eigenvalue weighted by Crippen LogP contribution is 2.35. The molecule has 0 aliphatic carbocycles. The predicted molar refractivity (Wildman–Crippen MR) is 113 cm³/mol. The number of carbonyl (C=O) groups is 1. The lowest BCUT2D eigenvalue weighted by Gasteiger charge is -2.30. The van der Waals surface area contributed by atoms with E-state index in [9.17, 15) is 18.0 Å². The molecule has 2 aromatic carbocycles. The fraction of sp³-hybridized carbons (Fsp3) is 0.200. The zero-order valence-electron chi connectivity index (χ0n) is 17.2. The van der Waals surface area contributed by atoms with E-state index in [1.807, 2.05) is 6.07 Å². The van der Waals surface area contributed by atoms with Gasteiger partial charge in [0.05, 0.1) is 18.2 Å². The third-order valence-electron chi connectivity index (χ3n) is 5.30. The van der Waals surface area contributed by atoms with Crippen LogP contribution in [0.25, 0.3) is 0 Å². The van der Waals surface area contributed by atoms with Crippen LogP contribution in [0.3, 0.4) is 0 Å². The molecule has 2 heterocycles. The molecule has 4 nitrogen and oxygen atoms in total. The maximum Gasteiger partial charge on any atom is 0.416 e. The Morgan fingerprint density at radius 3 is 2.66 bits per heavy atom. The number of rotatable bonds is 2. The van der Waals surface area contributed by atoms with Crippen molar-refractivity contribution in [3.63, 3.8) is 0 Å². The average Bonchev–Trinajstić information content (AvgIpc) is 2.81. The second-order valence-corrected chi connectivity index (χ2v) is 7.30. The maximum atomic E-state index is 13.3. The van der Waals surface area contributed by atoms with E-state index in [4.69, 9.17) is 4.74 Å². The van der Waals surface area contributed by atoms with Crippen LogP contribution in [0.15, 0.2) is 60.8 Å². The van der Waals surface area contributed by atoms with Gasteiger partial charge >= 0.3 is 6.18 Å². The third kappa shape index (κ3) is 4.45. The number of hydrogen-bond donors (Lipinski definition) is 0. The first kappa shape index (κ1) is 21.4. The van der Waals surface area contributed by atoms with Crippen LogP contribution < -0.4 is 4.74 Å². The van der Waals surface area contributed by atoms with Gasteiger partial charge in [-0.15, -0.1) is 0 Å². The van der Waals surface area contributed by atoms with Gasteiger partial charge in [-0.05, 0) is 59.9 Å². The van der Waals surface area contributed by atoms with Crippen molar-refractivity contribution in [2.45, 2.75) is 19.1 Å². The van der Waals surface area contributed by atoms with Crippen LogP contribution in [0, 0.1) is 11.8 Å². The first-order valence-corrected chi connectivity index (χ1v) is 9.95. The molecule has 0 spiro atoms. The molecule has 32 heavy (non-hydrogen) atoms. The zero-order chi connectivity index (χ0) is 22.7. The summed E-state index contributed by atoms with van der Waals surface area (Å²) in [5, 5.41) is 0. The number of nitrogens with zero attached hydrogens (tertiary/aromatic N) is 2. The number of carbonyl (C=O) groups excluding carboxylic acids is 1. The Kier molecular flexibility index (Phi) is 5.87. The normalized spacial score (nSPS) is 13.1. The fourth-order valence-corrected chi connectivity index (χ4v) is 3.74. The Balaban J connectivity index is 1.60. The molecule has 1 amide bonds. The Morgan fingerprint density at radius 1 is 1.09 bits per heavy atom. The average molecular weight is 436 g/mol. The van der Waals surface area contributed by atoms with Gasteiger partial charge in [-0.3, -0.25) is 4.79 Å². The molecule has 0 atom stereocenters. The highest BCUT2D eigenvalue weighted by atomic mass is 19.4. The van der Waals surface area contributed by atoms with Crippen molar-refractivity contribution in [1.82, 2.24) is 9.88 Å². The van der Waals surface area contributed by atoms with E-state index in [-0.39, 0.29) is 31.0 Å². The second-order valence-electron chi connectivity index (χ2n) is 7.30. The lowest BCUT2D eigenvalue weighted by molar-refractivity contribution is -0.138. The highest BCUT2D eigenvalue weighted by molar-refractivity contribution is 5.95. The number of aromatic nitrogens is 1. The molecule has 162 valence electrons. The molecule has 0 unspecified atom stereocenters. The molecule has 0 bridgehead atoms. The second kappa shape index (κ2) is 8.75. The summed E-state index contributed by atoms with van der Waals surface area (Å²) in [5.74, 6) is 6.18. The Labute approximate surface area is 183 Å². The van der Waals surface area contributed by atoms with Crippen molar-refractivity contribution in [2.24, 2.45) is 0 Å². The number of methoxy groups -OCH3 is 1. The summed E-state index contributed by atoms with van der Waals surface area (Å²) < 4.78 is 45.2. The molecule has 0 saturated heterocycles. The van der Waals surface area contributed by atoms with Gasteiger partial charge in [-0.2, -0.15) is 13.2 Å². The van der Waals surface area contributed by atoms with Crippen LogP contribution in [-0.2, 0) is 19.1 Å². The number of benzene rings is 2. The Morgan fingerprint density at radius 2 is 1.94 bits per heavy atom. The van der Waals surface area contributed by atoms with Crippen molar-refractivity contribution in [3.8, 4) is 17.6 Å². The molecular formula is C25H19F3N2O2. The van der Waals surface area contributed by atoms with Gasteiger partial charge in [0.1, 0.15) is 11.4 Å². The number of ether oxygens (including phenoxy) is 1. The summed E-state index contributed by atoms with van der Waals surface area (Å²) >= 11 is 0. The van der Waals surface area contributed by atoms with Crippen molar-refractivity contribution in [3.05, 3.63) is 94.3 Å². The summed E-state index contributed by atoms with van der Waals surface area (Å²) in [6, 6.07) is 14.4. The summed E-state index contributed by atoms with van der Waals surface area (Å²) in [6.45, 7) is 0.332. The van der Waals surface area contributed by atoms with E-state index < -0.39 is 11.7 Å². The Hall–Kier alpha value is -3.79. The number of alkyl halides is 3. The highest BCUT2D eigenvalue weighted by Gasteiger charge is 2.35. The van der Waals surface area contributed by atoms with E-state index >= 15 is 0 Å². The predicted octanol–water partition coefficient (Wildman–Crippen LogP) is 4.71. The van der Waals surface area contributed by atoms with Crippen LogP contribution in [0.4, 0.5) is 13.2 Å². The van der Waals surface area contributed by atoms with Crippen LogP contribution in [0.5, 0.6) is 5.75 Å². The Bertz CT molecular complexity index is 1210.